The number of thiophene rings is 1. The van der Waals surface area contributed by atoms with Gasteiger partial charge in [-0.1, -0.05) is 18.2 Å². The SMILES string of the molecule is ClC(c1ccc2c(c1)COC2)c1cc2c(s1)CCC2. The van der Waals surface area contributed by atoms with E-state index in [9.17, 15) is 0 Å². The van der Waals surface area contributed by atoms with Crippen LogP contribution in [0.5, 0.6) is 0 Å². The maximum absolute atomic E-state index is 6.67. The predicted octanol–water partition coefficient (Wildman–Crippen LogP) is 4.60. The van der Waals surface area contributed by atoms with Gasteiger partial charge in [-0.25, -0.2) is 0 Å². The molecular weight excluding hydrogens is 276 g/mol. The quantitative estimate of drug-likeness (QED) is 0.735. The number of aryl methyl sites for hydroxylation is 2. The Morgan fingerprint density at radius 3 is 2.84 bits per heavy atom. The molecule has 1 atom stereocenters. The van der Waals surface area contributed by atoms with E-state index in [0.717, 1.165) is 13.2 Å². The van der Waals surface area contributed by atoms with Crippen LogP contribution in [-0.2, 0) is 30.8 Å². The molecule has 0 N–H and O–H groups in total. The van der Waals surface area contributed by atoms with E-state index in [2.05, 4.69) is 24.3 Å². The first kappa shape index (κ1) is 12.0. The third-order valence-electron chi connectivity index (χ3n) is 4.05. The van der Waals surface area contributed by atoms with Gasteiger partial charge in [0.2, 0.25) is 0 Å². The van der Waals surface area contributed by atoms with Crippen LogP contribution in [0.2, 0.25) is 0 Å². The van der Waals surface area contributed by atoms with Crippen LogP contribution in [0.3, 0.4) is 0 Å². The van der Waals surface area contributed by atoms with Gasteiger partial charge in [-0.3, -0.25) is 0 Å². The van der Waals surface area contributed by atoms with E-state index in [1.807, 2.05) is 11.3 Å². The minimum atomic E-state index is -0.0125. The first-order valence-corrected chi connectivity index (χ1v) is 8.01. The summed E-state index contributed by atoms with van der Waals surface area (Å²) in [5.41, 5.74) is 5.33. The van der Waals surface area contributed by atoms with E-state index < -0.39 is 0 Å². The third-order valence-corrected chi connectivity index (χ3v) is 5.97. The molecule has 1 nitrogen and oxygen atoms in total. The van der Waals surface area contributed by atoms with Crippen LogP contribution < -0.4 is 0 Å². The molecule has 1 aromatic heterocycles. The monoisotopic (exact) mass is 290 g/mol. The third kappa shape index (κ3) is 2.03. The molecular formula is C16H15ClOS. The number of ether oxygens (including phenoxy) is 1. The van der Waals surface area contributed by atoms with E-state index in [4.69, 9.17) is 16.3 Å². The Balaban J connectivity index is 1.67. The largest absolute Gasteiger partial charge is 0.372 e. The summed E-state index contributed by atoms with van der Waals surface area (Å²) in [7, 11) is 0. The fourth-order valence-corrected chi connectivity index (χ4v) is 4.59. The lowest BCUT2D eigenvalue weighted by Crippen LogP contribution is -1.93. The summed E-state index contributed by atoms with van der Waals surface area (Å²) in [6.45, 7) is 1.48. The predicted molar refractivity (Wildman–Crippen MR) is 79.0 cm³/mol. The van der Waals surface area contributed by atoms with Crippen molar-refractivity contribution < 1.29 is 4.74 Å². The van der Waals surface area contributed by atoms with Gasteiger partial charge in [0.25, 0.3) is 0 Å². The molecule has 98 valence electrons. The summed E-state index contributed by atoms with van der Waals surface area (Å²) >= 11 is 8.56. The van der Waals surface area contributed by atoms with E-state index in [1.54, 1.807) is 4.88 Å². The van der Waals surface area contributed by atoms with Gasteiger partial charge in [-0.2, -0.15) is 0 Å². The molecule has 4 rings (SSSR count). The number of benzene rings is 1. The van der Waals surface area contributed by atoms with Crippen LogP contribution in [0, 0.1) is 0 Å². The highest BCUT2D eigenvalue weighted by molar-refractivity contribution is 7.12. The Hall–Kier alpha value is -0.830. The fourth-order valence-electron chi connectivity index (χ4n) is 2.99. The van der Waals surface area contributed by atoms with Gasteiger partial charge in [0.1, 0.15) is 0 Å². The summed E-state index contributed by atoms with van der Waals surface area (Å²) in [6, 6.07) is 8.84. The molecule has 19 heavy (non-hydrogen) atoms. The molecule has 1 aromatic carbocycles. The van der Waals surface area contributed by atoms with Crippen LogP contribution in [0.4, 0.5) is 0 Å². The molecule has 2 aliphatic rings. The minimum absolute atomic E-state index is 0.0125. The molecule has 1 aliphatic carbocycles. The van der Waals surface area contributed by atoms with E-state index in [-0.39, 0.29) is 5.38 Å². The van der Waals surface area contributed by atoms with Crippen LogP contribution >= 0.6 is 22.9 Å². The van der Waals surface area contributed by atoms with Crippen LogP contribution in [0.15, 0.2) is 24.3 Å². The second-order valence-corrected chi connectivity index (χ2v) is 6.94. The number of halogens is 1. The average Bonchev–Trinajstić information content (AvgIpc) is 3.11. The molecule has 1 unspecified atom stereocenters. The second-order valence-electron chi connectivity index (χ2n) is 5.33. The zero-order valence-electron chi connectivity index (χ0n) is 10.6. The number of hydrogen-bond acceptors (Lipinski definition) is 2. The highest BCUT2D eigenvalue weighted by Crippen LogP contribution is 2.39. The van der Waals surface area contributed by atoms with Crippen molar-refractivity contribution in [2.75, 3.05) is 0 Å². The first-order valence-electron chi connectivity index (χ1n) is 6.76. The van der Waals surface area contributed by atoms with Crippen molar-refractivity contribution in [1.29, 1.82) is 0 Å². The zero-order valence-corrected chi connectivity index (χ0v) is 12.2. The van der Waals surface area contributed by atoms with Crippen molar-refractivity contribution in [3.05, 3.63) is 56.3 Å². The fraction of sp³-hybridized carbons (Fsp3) is 0.375. The Kier molecular flexibility index (Phi) is 2.91. The van der Waals surface area contributed by atoms with Gasteiger partial charge < -0.3 is 4.74 Å². The van der Waals surface area contributed by atoms with Gasteiger partial charge in [-0.15, -0.1) is 22.9 Å². The Morgan fingerprint density at radius 1 is 1.05 bits per heavy atom. The van der Waals surface area contributed by atoms with E-state index in [1.165, 1.54) is 46.4 Å². The van der Waals surface area contributed by atoms with Gasteiger partial charge in [-0.05, 0) is 47.6 Å². The van der Waals surface area contributed by atoms with Gasteiger partial charge in [0.05, 0.1) is 18.6 Å². The topological polar surface area (TPSA) is 9.23 Å². The van der Waals surface area contributed by atoms with Crippen molar-refractivity contribution >= 4 is 22.9 Å². The standard InChI is InChI=1S/C16H15ClOS/c17-16(15-7-10-2-1-3-14(10)19-15)11-4-5-12-8-18-9-13(12)6-11/h4-7,16H,1-3,8-9H2. The Morgan fingerprint density at radius 2 is 1.95 bits per heavy atom. The van der Waals surface area contributed by atoms with Gasteiger partial charge in [0, 0.05) is 9.75 Å². The van der Waals surface area contributed by atoms with E-state index in [0.29, 0.717) is 0 Å². The molecule has 0 bridgehead atoms. The summed E-state index contributed by atoms with van der Waals surface area (Å²) in [4.78, 5) is 2.84. The second kappa shape index (κ2) is 4.62. The van der Waals surface area contributed by atoms with Crippen molar-refractivity contribution in [2.24, 2.45) is 0 Å². The summed E-state index contributed by atoms with van der Waals surface area (Å²) in [5, 5.41) is -0.0125. The lowest BCUT2D eigenvalue weighted by molar-refractivity contribution is 0.134. The molecule has 0 fully saturated rings. The Labute approximate surface area is 122 Å². The maximum atomic E-state index is 6.67. The van der Waals surface area contributed by atoms with Crippen LogP contribution in [0.1, 0.15) is 43.8 Å². The lowest BCUT2D eigenvalue weighted by atomic mass is 10.0. The number of alkyl halides is 1. The normalized spacial score (nSPS) is 18.4. The molecule has 0 spiro atoms. The van der Waals surface area contributed by atoms with Crippen molar-refractivity contribution in [1.82, 2.24) is 0 Å². The van der Waals surface area contributed by atoms with Gasteiger partial charge >= 0.3 is 0 Å². The summed E-state index contributed by atoms with van der Waals surface area (Å²) in [6.07, 6.45) is 3.78. The molecule has 0 saturated carbocycles. The zero-order chi connectivity index (χ0) is 12.8. The highest BCUT2D eigenvalue weighted by Gasteiger charge is 2.21. The summed E-state index contributed by atoms with van der Waals surface area (Å²) in [5.74, 6) is 0. The lowest BCUT2D eigenvalue weighted by Gasteiger charge is -2.09. The molecule has 2 aromatic rings. The Bertz CT molecular complexity index is 610. The van der Waals surface area contributed by atoms with Crippen molar-refractivity contribution in [3.63, 3.8) is 0 Å². The molecule has 1 aliphatic heterocycles. The highest BCUT2D eigenvalue weighted by atomic mass is 35.5. The summed E-state index contributed by atoms with van der Waals surface area (Å²) < 4.78 is 5.46. The number of fused-ring (bicyclic) bond motifs is 2. The minimum Gasteiger partial charge on any atom is -0.372 e. The van der Waals surface area contributed by atoms with E-state index >= 15 is 0 Å². The van der Waals surface area contributed by atoms with Crippen molar-refractivity contribution in [3.8, 4) is 0 Å². The molecule has 3 heteroatoms. The first-order chi connectivity index (χ1) is 9.31. The number of rotatable bonds is 2. The molecule has 0 radical (unpaired) electrons. The smallest absolute Gasteiger partial charge is 0.0928 e. The molecule has 2 heterocycles. The van der Waals surface area contributed by atoms with Crippen molar-refractivity contribution in [2.45, 2.75) is 37.9 Å². The van der Waals surface area contributed by atoms with Gasteiger partial charge in [0.15, 0.2) is 0 Å². The number of hydrogen-bond donors (Lipinski definition) is 0. The molecule has 0 amide bonds. The molecule has 0 saturated heterocycles. The maximum Gasteiger partial charge on any atom is 0.0928 e. The average molecular weight is 291 g/mol. The van der Waals surface area contributed by atoms with Crippen LogP contribution in [-0.4, -0.2) is 0 Å². The van der Waals surface area contributed by atoms with Crippen LogP contribution in [0.25, 0.3) is 0 Å².